The van der Waals surface area contributed by atoms with Crippen LogP contribution in [0.3, 0.4) is 0 Å². The fraction of sp³-hybridized carbons (Fsp3) is 0.294. The van der Waals surface area contributed by atoms with Gasteiger partial charge in [0, 0.05) is 17.3 Å². The number of thiophene rings is 1. The van der Waals surface area contributed by atoms with Crippen LogP contribution in [-0.2, 0) is 0 Å². The van der Waals surface area contributed by atoms with Crippen LogP contribution in [0.4, 0.5) is 5.69 Å². The van der Waals surface area contributed by atoms with E-state index in [9.17, 15) is 9.59 Å². The van der Waals surface area contributed by atoms with E-state index >= 15 is 0 Å². The minimum Gasteiger partial charge on any atom is -0.349 e. The first-order valence-corrected chi connectivity index (χ1v) is 8.27. The maximum atomic E-state index is 12.1. The molecule has 5 heteroatoms. The van der Waals surface area contributed by atoms with Crippen molar-refractivity contribution in [1.82, 2.24) is 5.32 Å². The summed E-state index contributed by atoms with van der Waals surface area (Å²) in [5.41, 5.74) is 1.30. The highest BCUT2D eigenvalue weighted by atomic mass is 32.1. The minimum atomic E-state index is -0.130. The van der Waals surface area contributed by atoms with Crippen LogP contribution in [0.1, 0.15) is 39.8 Å². The summed E-state index contributed by atoms with van der Waals surface area (Å²) < 4.78 is 0. The molecule has 22 heavy (non-hydrogen) atoms. The Labute approximate surface area is 133 Å². The quantitative estimate of drug-likeness (QED) is 0.887. The molecule has 1 atom stereocenters. The fourth-order valence-corrected chi connectivity index (χ4v) is 2.93. The van der Waals surface area contributed by atoms with E-state index in [1.54, 1.807) is 30.3 Å². The van der Waals surface area contributed by atoms with Crippen LogP contribution >= 0.6 is 11.3 Å². The molecule has 1 saturated carbocycles. The predicted octanol–water partition coefficient (Wildman–Crippen LogP) is 3.53. The zero-order valence-electron chi connectivity index (χ0n) is 12.3. The maximum Gasteiger partial charge on any atom is 0.265 e. The molecule has 1 aromatic heterocycles. The lowest BCUT2D eigenvalue weighted by Crippen LogP contribution is -2.33. The molecular formula is C17H18N2O2S. The van der Waals surface area contributed by atoms with Gasteiger partial charge in [0.25, 0.3) is 11.8 Å². The first-order valence-electron chi connectivity index (χ1n) is 7.39. The summed E-state index contributed by atoms with van der Waals surface area (Å²) in [7, 11) is 0. The van der Waals surface area contributed by atoms with Crippen molar-refractivity contribution in [2.75, 3.05) is 5.32 Å². The largest absolute Gasteiger partial charge is 0.349 e. The van der Waals surface area contributed by atoms with E-state index in [0.29, 0.717) is 22.0 Å². The first-order chi connectivity index (χ1) is 10.6. The second-order valence-corrected chi connectivity index (χ2v) is 6.56. The van der Waals surface area contributed by atoms with Crippen molar-refractivity contribution in [1.29, 1.82) is 0 Å². The first kappa shape index (κ1) is 14.8. The van der Waals surface area contributed by atoms with Crippen LogP contribution in [0.15, 0.2) is 41.8 Å². The van der Waals surface area contributed by atoms with E-state index in [-0.39, 0.29) is 17.9 Å². The molecule has 1 aromatic carbocycles. The van der Waals surface area contributed by atoms with E-state index in [1.807, 2.05) is 18.4 Å². The zero-order chi connectivity index (χ0) is 15.5. The summed E-state index contributed by atoms with van der Waals surface area (Å²) >= 11 is 1.40. The number of hydrogen-bond acceptors (Lipinski definition) is 3. The van der Waals surface area contributed by atoms with Crippen LogP contribution in [0.25, 0.3) is 0 Å². The molecule has 2 aromatic rings. The number of amides is 2. The third kappa shape index (κ3) is 3.54. The lowest BCUT2D eigenvalue weighted by Gasteiger charge is -2.13. The van der Waals surface area contributed by atoms with Gasteiger partial charge in [-0.3, -0.25) is 9.59 Å². The Hall–Kier alpha value is -2.14. The van der Waals surface area contributed by atoms with Gasteiger partial charge in [-0.15, -0.1) is 11.3 Å². The maximum absolute atomic E-state index is 12.1. The molecular weight excluding hydrogens is 296 g/mol. The second kappa shape index (κ2) is 6.32. The predicted molar refractivity (Wildman–Crippen MR) is 88.4 cm³/mol. The Morgan fingerprint density at radius 3 is 2.45 bits per heavy atom. The van der Waals surface area contributed by atoms with Crippen LogP contribution in [0.5, 0.6) is 0 Å². The van der Waals surface area contributed by atoms with Crippen molar-refractivity contribution >= 4 is 28.8 Å². The summed E-state index contributed by atoms with van der Waals surface area (Å²) in [4.78, 5) is 24.7. The average molecular weight is 314 g/mol. The highest BCUT2D eigenvalue weighted by Crippen LogP contribution is 2.32. The second-order valence-electron chi connectivity index (χ2n) is 5.61. The van der Waals surface area contributed by atoms with Crippen LogP contribution in [0, 0.1) is 5.92 Å². The Kier molecular flexibility index (Phi) is 4.24. The summed E-state index contributed by atoms with van der Waals surface area (Å²) in [5.74, 6) is 0.443. The van der Waals surface area contributed by atoms with Gasteiger partial charge in [0.05, 0.1) is 4.88 Å². The lowest BCUT2D eigenvalue weighted by molar-refractivity contribution is 0.0935. The minimum absolute atomic E-state index is 0.0597. The molecule has 0 spiro atoms. The standard InChI is InChI=1S/C17H18N2O2S/c1-11(12-4-5-12)18-16(20)13-6-8-14(9-7-13)19-17(21)15-3-2-10-22-15/h2-3,6-12H,4-5H2,1H3,(H,18,20)(H,19,21). The topological polar surface area (TPSA) is 58.2 Å². The SMILES string of the molecule is CC(NC(=O)c1ccc(NC(=O)c2cccs2)cc1)C1CC1. The Morgan fingerprint density at radius 2 is 1.86 bits per heavy atom. The Morgan fingerprint density at radius 1 is 1.14 bits per heavy atom. The van der Waals surface area contributed by atoms with Gasteiger partial charge in [-0.25, -0.2) is 0 Å². The third-order valence-corrected chi connectivity index (χ3v) is 4.71. The molecule has 114 valence electrons. The number of benzene rings is 1. The van der Waals surface area contributed by atoms with Gasteiger partial charge in [0.2, 0.25) is 0 Å². The number of carbonyl (C=O) groups is 2. The van der Waals surface area contributed by atoms with Gasteiger partial charge in [-0.1, -0.05) is 6.07 Å². The Bertz CT molecular complexity index is 660. The summed E-state index contributed by atoms with van der Waals surface area (Å²) in [6, 6.07) is 10.8. The fourth-order valence-electron chi connectivity index (χ4n) is 2.31. The molecule has 2 amide bonds. The number of anilines is 1. The molecule has 0 saturated heterocycles. The molecule has 0 radical (unpaired) electrons. The lowest BCUT2D eigenvalue weighted by atomic mass is 10.1. The molecule has 2 N–H and O–H groups in total. The molecule has 1 aliphatic rings. The molecule has 0 aliphatic heterocycles. The van der Waals surface area contributed by atoms with E-state index < -0.39 is 0 Å². The van der Waals surface area contributed by atoms with E-state index in [1.165, 1.54) is 24.2 Å². The van der Waals surface area contributed by atoms with E-state index in [4.69, 9.17) is 0 Å². The van der Waals surface area contributed by atoms with Crippen molar-refractivity contribution in [2.45, 2.75) is 25.8 Å². The number of hydrogen-bond donors (Lipinski definition) is 2. The summed E-state index contributed by atoms with van der Waals surface area (Å²) in [6.07, 6.45) is 2.41. The molecule has 1 unspecified atom stereocenters. The van der Waals surface area contributed by atoms with Crippen molar-refractivity contribution < 1.29 is 9.59 Å². The van der Waals surface area contributed by atoms with Gasteiger partial charge in [-0.05, 0) is 61.4 Å². The Balaban J connectivity index is 1.59. The van der Waals surface area contributed by atoms with Gasteiger partial charge in [0.1, 0.15) is 0 Å². The van der Waals surface area contributed by atoms with E-state index in [2.05, 4.69) is 10.6 Å². The van der Waals surface area contributed by atoms with Gasteiger partial charge in [0.15, 0.2) is 0 Å². The molecule has 1 aliphatic carbocycles. The van der Waals surface area contributed by atoms with Gasteiger partial charge >= 0.3 is 0 Å². The van der Waals surface area contributed by atoms with Crippen molar-refractivity contribution in [2.24, 2.45) is 5.92 Å². The molecule has 1 heterocycles. The van der Waals surface area contributed by atoms with Gasteiger partial charge in [-0.2, -0.15) is 0 Å². The van der Waals surface area contributed by atoms with Crippen LogP contribution in [-0.4, -0.2) is 17.9 Å². The average Bonchev–Trinajstić information content (AvgIpc) is 3.22. The highest BCUT2D eigenvalue weighted by Gasteiger charge is 2.29. The molecule has 1 fully saturated rings. The normalized spacial score (nSPS) is 15.1. The molecule has 0 bridgehead atoms. The number of rotatable bonds is 5. The summed E-state index contributed by atoms with van der Waals surface area (Å²) in [6.45, 7) is 2.05. The van der Waals surface area contributed by atoms with Gasteiger partial charge < -0.3 is 10.6 Å². The van der Waals surface area contributed by atoms with Crippen molar-refractivity contribution in [3.8, 4) is 0 Å². The number of nitrogens with one attached hydrogen (secondary N) is 2. The van der Waals surface area contributed by atoms with E-state index in [0.717, 1.165) is 0 Å². The smallest absolute Gasteiger partial charge is 0.265 e. The highest BCUT2D eigenvalue weighted by molar-refractivity contribution is 7.12. The van der Waals surface area contributed by atoms with Crippen molar-refractivity contribution in [3.63, 3.8) is 0 Å². The molecule has 3 rings (SSSR count). The monoisotopic (exact) mass is 314 g/mol. The zero-order valence-corrected chi connectivity index (χ0v) is 13.2. The third-order valence-electron chi connectivity index (χ3n) is 3.84. The number of carbonyl (C=O) groups excluding carboxylic acids is 2. The van der Waals surface area contributed by atoms with Crippen LogP contribution in [0.2, 0.25) is 0 Å². The summed E-state index contributed by atoms with van der Waals surface area (Å²) in [5, 5.41) is 7.70. The molecule has 4 nitrogen and oxygen atoms in total. The van der Waals surface area contributed by atoms with Crippen LogP contribution < -0.4 is 10.6 Å². The van der Waals surface area contributed by atoms with Crippen molar-refractivity contribution in [3.05, 3.63) is 52.2 Å².